The summed E-state index contributed by atoms with van der Waals surface area (Å²) < 4.78 is 51.8. The summed E-state index contributed by atoms with van der Waals surface area (Å²) in [4.78, 5) is -0.387. The second-order valence-corrected chi connectivity index (χ2v) is 5.40. The minimum Gasteiger partial charge on any atom is -0.207 e. The maximum absolute atomic E-state index is 13.0. The molecule has 19 heavy (non-hydrogen) atoms. The highest BCUT2D eigenvalue weighted by atomic mass is 32.2. The van der Waals surface area contributed by atoms with Crippen molar-refractivity contribution >= 4 is 10.0 Å². The maximum Gasteiger partial charge on any atom is 0.241 e. The number of nitrogens with zero attached hydrogens (tertiary/aromatic N) is 3. The van der Waals surface area contributed by atoms with Gasteiger partial charge in [-0.3, -0.25) is 0 Å². The Balaban J connectivity index is 2.25. The van der Waals surface area contributed by atoms with E-state index >= 15 is 0 Å². The van der Waals surface area contributed by atoms with Crippen molar-refractivity contribution in [2.24, 2.45) is 0 Å². The number of H-pyrrole nitrogens is 1. The summed E-state index contributed by atoms with van der Waals surface area (Å²) in [6.07, 6.45) is 0. The number of nitrogens with one attached hydrogen (secondary N) is 2. The van der Waals surface area contributed by atoms with Crippen molar-refractivity contribution in [1.29, 1.82) is 0 Å². The van der Waals surface area contributed by atoms with Crippen LogP contribution in [-0.4, -0.2) is 29.0 Å². The lowest BCUT2D eigenvalue weighted by atomic mass is 10.3. The van der Waals surface area contributed by atoms with E-state index in [1.165, 1.54) is 6.92 Å². The van der Waals surface area contributed by atoms with Gasteiger partial charge in [-0.25, -0.2) is 21.9 Å². The van der Waals surface area contributed by atoms with Gasteiger partial charge in [0.15, 0.2) is 17.5 Å². The molecule has 0 aliphatic carbocycles. The standard InChI is InChI=1S/C9H9F2N5O2S/c1-5(9-12-15-16-13-9)14-19(17,18)6-2-3-7(10)8(11)4-6/h2-5,14H,1H3,(H,12,13,15,16). The fourth-order valence-corrected chi connectivity index (χ4v) is 2.56. The van der Waals surface area contributed by atoms with Crippen molar-refractivity contribution in [2.45, 2.75) is 17.9 Å². The highest BCUT2D eigenvalue weighted by Crippen LogP contribution is 2.16. The number of hydrogen-bond acceptors (Lipinski definition) is 5. The van der Waals surface area contributed by atoms with Gasteiger partial charge in [0.05, 0.1) is 10.9 Å². The summed E-state index contributed by atoms with van der Waals surface area (Å²) in [5.74, 6) is -2.23. The summed E-state index contributed by atoms with van der Waals surface area (Å²) in [6.45, 7) is 1.49. The van der Waals surface area contributed by atoms with Gasteiger partial charge >= 0.3 is 0 Å². The summed E-state index contributed by atoms with van der Waals surface area (Å²) >= 11 is 0. The Morgan fingerprint density at radius 2 is 2.05 bits per heavy atom. The lowest BCUT2D eigenvalue weighted by Gasteiger charge is -2.10. The van der Waals surface area contributed by atoms with Crippen molar-refractivity contribution in [3.05, 3.63) is 35.7 Å². The number of aromatic amines is 1. The molecule has 10 heteroatoms. The SMILES string of the molecule is CC(NS(=O)(=O)c1ccc(F)c(F)c1)c1nn[nH]n1. The van der Waals surface area contributed by atoms with Crippen molar-refractivity contribution in [3.8, 4) is 0 Å². The van der Waals surface area contributed by atoms with Gasteiger partial charge in [0.1, 0.15) is 0 Å². The first-order valence-electron chi connectivity index (χ1n) is 5.11. The lowest BCUT2D eigenvalue weighted by Crippen LogP contribution is -2.27. The molecule has 1 heterocycles. The summed E-state index contributed by atoms with van der Waals surface area (Å²) in [5, 5.41) is 12.7. The molecule has 2 N–H and O–H groups in total. The van der Waals surface area contributed by atoms with E-state index in [4.69, 9.17) is 0 Å². The van der Waals surface area contributed by atoms with E-state index in [0.29, 0.717) is 6.07 Å². The molecule has 0 fully saturated rings. The fraction of sp³-hybridized carbons (Fsp3) is 0.222. The van der Waals surface area contributed by atoms with Gasteiger partial charge in [-0.2, -0.15) is 5.21 Å². The van der Waals surface area contributed by atoms with Crippen molar-refractivity contribution in [1.82, 2.24) is 25.3 Å². The molecule has 102 valence electrons. The molecule has 7 nitrogen and oxygen atoms in total. The Bertz CT molecular complexity index is 674. The van der Waals surface area contributed by atoms with Crippen LogP contribution in [0, 0.1) is 11.6 Å². The molecule has 2 rings (SSSR count). The first-order chi connectivity index (χ1) is 8.90. The Hall–Kier alpha value is -1.94. The van der Waals surface area contributed by atoms with Gasteiger partial charge in [-0.05, 0) is 25.1 Å². The molecule has 0 amide bonds. The molecule has 0 saturated heterocycles. The molecule has 0 radical (unpaired) electrons. The number of aromatic nitrogens is 4. The molecular weight excluding hydrogens is 280 g/mol. The predicted octanol–water partition coefficient (Wildman–Crippen LogP) is 0.517. The minimum absolute atomic E-state index is 0.131. The number of tetrazole rings is 1. The molecule has 1 atom stereocenters. The number of halogens is 2. The lowest BCUT2D eigenvalue weighted by molar-refractivity contribution is 0.503. The highest BCUT2D eigenvalue weighted by Gasteiger charge is 2.21. The van der Waals surface area contributed by atoms with Crippen LogP contribution in [0.1, 0.15) is 18.8 Å². The van der Waals surface area contributed by atoms with Crippen LogP contribution in [0.15, 0.2) is 23.1 Å². The maximum atomic E-state index is 13.0. The molecule has 0 bridgehead atoms. The van der Waals surface area contributed by atoms with Gasteiger partial charge in [0, 0.05) is 0 Å². The molecule has 1 unspecified atom stereocenters. The number of rotatable bonds is 4. The Morgan fingerprint density at radius 3 is 2.63 bits per heavy atom. The van der Waals surface area contributed by atoms with Crippen LogP contribution >= 0.6 is 0 Å². The predicted molar refractivity (Wildman–Crippen MR) is 59.3 cm³/mol. The minimum atomic E-state index is -4.00. The summed E-state index contributed by atoms with van der Waals surface area (Å²) in [7, 11) is -4.00. The summed E-state index contributed by atoms with van der Waals surface area (Å²) in [5.41, 5.74) is 0. The third-order valence-electron chi connectivity index (χ3n) is 2.28. The molecule has 1 aromatic carbocycles. The highest BCUT2D eigenvalue weighted by molar-refractivity contribution is 7.89. The van der Waals surface area contributed by atoms with Crippen LogP contribution in [0.5, 0.6) is 0 Å². The van der Waals surface area contributed by atoms with E-state index in [1.807, 2.05) is 0 Å². The molecular formula is C9H9F2N5O2S. The van der Waals surface area contributed by atoms with Crippen LogP contribution in [0.4, 0.5) is 8.78 Å². The van der Waals surface area contributed by atoms with Gasteiger partial charge in [-0.15, -0.1) is 10.2 Å². The zero-order chi connectivity index (χ0) is 14.0. The van der Waals surface area contributed by atoms with Gasteiger partial charge in [-0.1, -0.05) is 5.21 Å². The second kappa shape index (κ2) is 4.97. The molecule has 0 saturated carbocycles. The van der Waals surface area contributed by atoms with Crippen LogP contribution in [0.25, 0.3) is 0 Å². The fourth-order valence-electron chi connectivity index (χ4n) is 1.35. The normalized spacial score (nSPS) is 13.4. The van der Waals surface area contributed by atoms with E-state index in [2.05, 4.69) is 25.3 Å². The van der Waals surface area contributed by atoms with Crippen molar-refractivity contribution in [3.63, 3.8) is 0 Å². The van der Waals surface area contributed by atoms with E-state index in [1.54, 1.807) is 0 Å². The number of benzene rings is 1. The smallest absolute Gasteiger partial charge is 0.207 e. The average molecular weight is 289 g/mol. The van der Waals surface area contributed by atoms with Crippen LogP contribution in [-0.2, 0) is 10.0 Å². The van der Waals surface area contributed by atoms with Gasteiger partial charge < -0.3 is 0 Å². The third-order valence-corrected chi connectivity index (χ3v) is 3.82. The summed E-state index contributed by atoms with van der Waals surface area (Å²) in [6, 6.07) is 1.53. The van der Waals surface area contributed by atoms with Gasteiger partial charge in [0.2, 0.25) is 10.0 Å². The van der Waals surface area contributed by atoms with Crippen molar-refractivity contribution < 1.29 is 17.2 Å². The van der Waals surface area contributed by atoms with Crippen LogP contribution < -0.4 is 4.72 Å². The molecule has 0 spiro atoms. The molecule has 0 aliphatic heterocycles. The molecule has 2 aromatic rings. The second-order valence-electron chi connectivity index (χ2n) is 3.69. The average Bonchev–Trinajstić information content (AvgIpc) is 2.85. The first kappa shape index (κ1) is 13.5. The monoisotopic (exact) mass is 289 g/mol. The molecule has 1 aromatic heterocycles. The molecule has 0 aliphatic rings. The number of sulfonamides is 1. The van der Waals surface area contributed by atoms with E-state index in [9.17, 15) is 17.2 Å². The van der Waals surface area contributed by atoms with Gasteiger partial charge in [0.25, 0.3) is 0 Å². The largest absolute Gasteiger partial charge is 0.241 e. The Kier molecular flexibility index (Phi) is 3.53. The zero-order valence-electron chi connectivity index (χ0n) is 9.63. The van der Waals surface area contributed by atoms with E-state index in [-0.39, 0.29) is 10.7 Å². The van der Waals surface area contributed by atoms with E-state index in [0.717, 1.165) is 12.1 Å². The topological polar surface area (TPSA) is 101 Å². The van der Waals surface area contributed by atoms with Crippen LogP contribution in [0.2, 0.25) is 0 Å². The van der Waals surface area contributed by atoms with Crippen molar-refractivity contribution in [2.75, 3.05) is 0 Å². The Labute approximate surface area is 107 Å². The third kappa shape index (κ3) is 2.90. The van der Waals surface area contributed by atoms with E-state index < -0.39 is 27.7 Å². The quantitative estimate of drug-likeness (QED) is 0.854. The first-order valence-corrected chi connectivity index (χ1v) is 6.59. The zero-order valence-corrected chi connectivity index (χ0v) is 10.4. The number of hydrogen-bond donors (Lipinski definition) is 2. The van der Waals surface area contributed by atoms with Crippen LogP contribution in [0.3, 0.4) is 0 Å². The Morgan fingerprint density at radius 1 is 1.32 bits per heavy atom.